The highest BCUT2D eigenvalue weighted by Gasteiger charge is 2.39. The van der Waals surface area contributed by atoms with Crippen LogP contribution in [0.2, 0.25) is 0 Å². The lowest BCUT2D eigenvalue weighted by Gasteiger charge is -2.41. The monoisotopic (exact) mass is 340 g/mol. The number of hydrogen-bond donors (Lipinski definition) is 1. The standard InChI is InChI=1S/C19H24N4O2/c1-19(16-11-21-22(2)12-16)13-23(7-8-25-19)18(24)17-9-14-5-3-4-6-15(14)10-20-17/h3-6,11-12,17,20H,7-10,13H2,1-2H3/t17-,19-/m1/s1. The van der Waals surface area contributed by atoms with Crippen molar-refractivity contribution in [3.63, 3.8) is 0 Å². The molecule has 1 saturated heterocycles. The Hall–Kier alpha value is -2.18. The molecule has 6 heteroatoms. The highest BCUT2D eigenvalue weighted by atomic mass is 16.5. The molecule has 1 N–H and O–H groups in total. The summed E-state index contributed by atoms with van der Waals surface area (Å²) >= 11 is 0. The number of carbonyl (C=O) groups is 1. The molecule has 1 amide bonds. The summed E-state index contributed by atoms with van der Waals surface area (Å²) in [5, 5.41) is 7.64. The van der Waals surface area contributed by atoms with Gasteiger partial charge in [0.1, 0.15) is 5.60 Å². The van der Waals surface area contributed by atoms with Crippen molar-refractivity contribution >= 4 is 5.91 Å². The van der Waals surface area contributed by atoms with Crippen LogP contribution in [0.5, 0.6) is 0 Å². The van der Waals surface area contributed by atoms with Crippen molar-refractivity contribution in [2.45, 2.75) is 31.5 Å². The van der Waals surface area contributed by atoms with Gasteiger partial charge in [-0.15, -0.1) is 0 Å². The van der Waals surface area contributed by atoms with Crippen LogP contribution in [0, 0.1) is 0 Å². The van der Waals surface area contributed by atoms with Crippen molar-refractivity contribution in [1.29, 1.82) is 0 Å². The number of amides is 1. The van der Waals surface area contributed by atoms with Gasteiger partial charge in [-0.2, -0.15) is 5.10 Å². The highest BCUT2D eigenvalue weighted by Crippen LogP contribution is 2.29. The number of morpholine rings is 1. The molecule has 2 aliphatic heterocycles. The third kappa shape index (κ3) is 3.07. The highest BCUT2D eigenvalue weighted by molar-refractivity contribution is 5.82. The first kappa shape index (κ1) is 16.3. The van der Waals surface area contributed by atoms with Crippen LogP contribution in [0.15, 0.2) is 36.7 Å². The van der Waals surface area contributed by atoms with E-state index in [4.69, 9.17) is 4.74 Å². The predicted octanol–water partition coefficient (Wildman–Crippen LogP) is 1.21. The van der Waals surface area contributed by atoms with E-state index in [-0.39, 0.29) is 11.9 Å². The number of fused-ring (bicyclic) bond motifs is 1. The molecule has 0 bridgehead atoms. The molecule has 2 aromatic rings. The second-order valence-corrected chi connectivity index (χ2v) is 7.15. The average molecular weight is 340 g/mol. The summed E-state index contributed by atoms with van der Waals surface area (Å²) in [6, 6.07) is 8.17. The van der Waals surface area contributed by atoms with E-state index in [1.807, 2.05) is 43.4 Å². The summed E-state index contributed by atoms with van der Waals surface area (Å²) in [5.74, 6) is 0.160. The van der Waals surface area contributed by atoms with Crippen LogP contribution in [-0.2, 0) is 35.1 Å². The van der Waals surface area contributed by atoms with Gasteiger partial charge in [0, 0.05) is 31.9 Å². The fourth-order valence-electron chi connectivity index (χ4n) is 3.78. The van der Waals surface area contributed by atoms with Crippen LogP contribution < -0.4 is 5.32 Å². The van der Waals surface area contributed by atoms with Crippen molar-refractivity contribution in [3.8, 4) is 0 Å². The fourth-order valence-corrected chi connectivity index (χ4v) is 3.78. The smallest absolute Gasteiger partial charge is 0.240 e. The Bertz CT molecular complexity index is 787. The Labute approximate surface area is 147 Å². The quantitative estimate of drug-likeness (QED) is 0.893. The summed E-state index contributed by atoms with van der Waals surface area (Å²) in [6.45, 7) is 4.51. The van der Waals surface area contributed by atoms with E-state index in [1.165, 1.54) is 11.1 Å². The van der Waals surface area contributed by atoms with Gasteiger partial charge in [0.2, 0.25) is 5.91 Å². The molecule has 25 heavy (non-hydrogen) atoms. The zero-order valence-corrected chi connectivity index (χ0v) is 14.7. The number of carbonyl (C=O) groups excluding carboxylic acids is 1. The molecule has 4 rings (SSSR count). The van der Waals surface area contributed by atoms with Gasteiger partial charge < -0.3 is 15.0 Å². The van der Waals surface area contributed by atoms with E-state index < -0.39 is 5.60 Å². The van der Waals surface area contributed by atoms with Gasteiger partial charge in [-0.25, -0.2) is 0 Å². The zero-order chi connectivity index (χ0) is 17.4. The van der Waals surface area contributed by atoms with Gasteiger partial charge in [0.25, 0.3) is 0 Å². The van der Waals surface area contributed by atoms with Crippen LogP contribution >= 0.6 is 0 Å². The van der Waals surface area contributed by atoms with Crippen LogP contribution in [0.4, 0.5) is 0 Å². The van der Waals surface area contributed by atoms with Gasteiger partial charge in [-0.3, -0.25) is 9.48 Å². The first-order chi connectivity index (χ1) is 12.0. The number of hydrogen-bond acceptors (Lipinski definition) is 4. The SMILES string of the molecule is Cn1cc([C@@]2(C)CN(C(=O)[C@H]3Cc4ccccc4CN3)CCO2)cn1. The number of ether oxygens (including phenoxy) is 1. The number of nitrogens with one attached hydrogen (secondary N) is 1. The first-order valence-corrected chi connectivity index (χ1v) is 8.77. The number of rotatable bonds is 2. The molecule has 0 saturated carbocycles. The van der Waals surface area contributed by atoms with Crippen LogP contribution in [0.25, 0.3) is 0 Å². The minimum Gasteiger partial charge on any atom is -0.367 e. The summed E-state index contributed by atoms with van der Waals surface area (Å²) in [4.78, 5) is 15.0. The maximum absolute atomic E-state index is 13.1. The number of aromatic nitrogens is 2. The maximum Gasteiger partial charge on any atom is 0.240 e. The van der Waals surface area contributed by atoms with Crippen molar-refractivity contribution < 1.29 is 9.53 Å². The Morgan fingerprint density at radius 2 is 2.16 bits per heavy atom. The lowest BCUT2D eigenvalue weighted by molar-refractivity contribution is -0.151. The molecule has 1 fully saturated rings. The number of nitrogens with zero attached hydrogens (tertiary/aromatic N) is 3. The van der Waals surface area contributed by atoms with Gasteiger partial charge in [-0.05, 0) is 24.5 Å². The average Bonchev–Trinajstić information content (AvgIpc) is 3.08. The van der Waals surface area contributed by atoms with Crippen LogP contribution in [0.1, 0.15) is 23.6 Å². The number of aryl methyl sites for hydroxylation is 1. The molecule has 132 valence electrons. The van der Waals surface area contributed by atoms with Gasteiger partial charge >= 0.3 is 0 Å². The molecule has 3 heterocycles. The summed E-state index contributed by atoms with van der Waals surface area (Å²) < 4.78 is 7.79. The molecular formula is C19H24N4O2. The molecule has 0 aliphatic carbocycles. The predicted molar refractivity (Wildman–Crippen MR) is 93.9 cm³/mol. The van der Waals surface area contributed by atoms with Gasteiger partial charge in [0.05, 0.1) is 25.4 Å². The summed E-state index contributed by atoms with van der Waals surface area (Å²) in [6.07, 6.45) is 4.53. The van der Waals surface area contributed by atoms with E-state index >= 15 is 0 Å². The van der Waals surface area contributed by atoms with Gasteiger partial charge in [0.15, 0.2) is 0 Å². The lowest BCUT2D eigenvalue weighted by atomic mass is 9.93. The second-order valence-electron chi connectivity index (χ2n) is 7.15. The van der Waals surface area contributed by atoms with Crippen LogP contribution in [0.3, 0.4) is 0 Å². The number of benzene rings is 1. The third-order valence-electron chi connectivity index (χ3n) is 5.28. The minimum absolute atomic E-state index is 0.160. The lowest BCUT2D eigenvalue weighted by Crippen LogP contribution is -2.56. The van der Waals surface area contributed by atoms with Crippen molar-refractivity contribution in [2.24, 2.45) is 7.05 Å². The molecule has 0 unspecified atom stereocenters. The van der Waals surface area contributed by atoms with E-state index in [1.54, 1.807) is 4.68 Å². The molecule has 2 aliphatic rings. The molecule has 2 atom stereocenters. The zero-order valence-electron chi connectivity index (χ0n) is 14.7. The maximum atomic E-state index is 13.1. The van der Waals surface area contributed by atoms with Crippen molar-refractivity contribution in [3.05, 3.63) is 53.3 Å². The second kappa shape index (κ2) is 6.28. The molecule has 1 aromatic heterocycles. The summed E-state index contributed by atoms with van der Waals surface area (Å²) in [5.41, 5.74) is 3.06. The molecule has 6 nitrogen and oxygen atoms in total. The van der Waals surface area contributed by atoms with E-state index in [0.717, 1.165) is 18.5 Å². The summed E-state index contributed by atoms with van der Waals surface area (Å²) in [7, 11) is 1.89. The molecular weight excluding hydrogens is 316 g/mol. The van der Waals surface area contributed by atoms with E-state index in [9.17, 15) is 4.79 Å². The Kier molecular flexibility index (Phi) is 4.09. The third-order valence-corrected chi connectivity index (χ3v) is 5.28. The molecule has 1 aromatic carbocycles. The Morgan fingerprint density at radius 3 is 2.92 bits per heavy atom. The molecule has 0 spiro atoms. The normalized spacial score (nSPS) is 26.3. The van der Waals surface area contributed by atoms with E-state index in [2.05, 4.69) is 22.5 Å². The first-order valence-electron chi connectivity index (χ1n) is 8.77. The van der Waals surface area contributed by atoms with Crippen molar-refractivity contribution in [1.82, 2.24) is 20.0 Å². The van der Waals surface area contributed by atoms with Crippen LogP contribution in [-0.4, -0.2) is 46.3 Å². The van der Waals surface area contributed by atoms with Crippen molar-refractivity contribution in [2.75, 3.05) is 19.7 Å². The van der Waals surface area contributed by atoms with Gasteiger partial charge in [-0.1, -0.05) is 24.3 Å². The Balaban J connectivity index is 1.49. The van der Waals surface area contributed by atoms with E-state index in [0.29, 0.717) is 19.7 Å². The largest absolute Gasteiger partial charge is 0.367 e. The minimum atomic E-state index is -0.505. The molecule has 0 radical (unpaired) electrons. The Morgan fingerprint density at radius 1 is 1.36 bits per heavy atom. The topological polar surface area (TPSA) is 59.4 Å². The fraction of sp³-hybridized carbons (Fsp3) is 0.474.